The van der Waals surface area contributed by atoms with Crippen LogP contribution in [0.4, 0.5) is 0 Å². The van der Waals surface area contributed by atoms with E-state index in [1.165, 1.54) is 10.5 Å². The third-order valence-corrected chi connectivity index (χ3v) is 5.36. The fourth-order valence-corrected chi connectivity index (χ4v) is 3.63. The van der Waals surface area contributed by atoms with Crippen molar-refractivity contribution >= 4 is 23.9 Å². The summed E-state index contributed by atoms with van der Waals surface area (Å²) in [6.45, 7) is 6.00. The molecule has 2 aromatic carbocycles. The van der Waals surface area contributed by atoms with Crippen LogP contribution in [0.2, 0.25) is 0 Å². The van der Waals surface area contributed by atoms with Gasteiger partial charge in [-0.25, -0.2) is 10.1 Å². The third kappa shape index (κ3) is 5.10. The van der Waals surface area contributed by atoms with Crippen molar-refractivity contribution in [3.05, 3.63) is 77.1 Å². The molecule has 0 fully saturated rings. The highest BCUT2D eigenvalue weighted by Gasteiger charge is 2.11. The van der Waals surface area contributed by atoms with E-state index in [-0.39, 0.29) is 5.91 Å². The van der Waals surface area contributed by atoms with E-state index in [9.17, 15) is 4.79 Å². The van der Waals surface area contributed by atoms with Crippen molar-refractivity contribution in [2.45, 2.75) is 32.1 Å². The van der Waals surface area contributed by atoms with Crippen LogP contribution in [0.3, 0.4) is 0 Å². The fourth-order valence-electron chi connectivity index (χ4n) is 2.78. The van der Waals surface area contributed by atoms with E-state index in [4.69, 9.17) is 0 Å². The number of nitrogens with zero attached hydrogens (tertiary/aromatic N) is 3. The second-order valence-electron chi connectivity index (χ2n) is 6.54. The van der Waals surface area contributed by atoms with Crippen molar-refractivity contribution in [1.82, 2.24) is 15.2 Å². The van der Waals surface area contributed by atoms with Gasteiger partial charge in [0.15, 0.2) is 0 Å². The molecule has 0 unspecified atom stereocenters. The maximum Gasteiger partial charge on any atom is 0.240 e. The van der Waals surface area contributed by atoms with Crippen molar-refractivity contribution < 1.29 is 4.79 Å². The number of aromatic nitrogens is 2. The van der Waals surface area contributed by atoms with Gasteiger partial charge in [0.05, 0.1) is 23.3 Å². The fraction of sp³-hybridized carbons (Fsp3) is 0.227. The van der Waals surface area contributed by atoms with Gasteiger partial charge < -0.3 is 0 Å². The van der Waals surface area contributed by atoms with E-state index in [0.717, 1.165) is 22.6 Å². The molecule has 0 atom stereocenters. The number of nitrogens with one attached hydrogen (secondary N) is 1. The van der Waals surface area contributed by atoms with Crippen molar-refractivity contribution in [2.75, 3.05) is 5.75 Å². The van der Waals surface area contributed by atoms with Crippen LogP contribution < -0.4 is 5.43 Å². The van der Waals surface area contributed by atoms with E-state index >= 15 is 0 Å². The van der Waals surface area contributed by atoms with E-state index < -0.39 is 0 Å². The van der Waals surface area contributed by atoms with Crippen LogP contribution in [0.15, 0.2) is 64.6 Å². The first-order valence-electron chi connectivity index (χ1n) is 9.17. The molecule has 0 spiro atoms. The molecule has 6 heteroatoms. The van der Waals surface area contributed by atoms with E-state index in [0.29, 0.717) is 12.2 Å². The van der Waals surface area contributed by atoms with Gasteiger partial charge in [-0.3, -0.25) is 4.79 Å². The summed E-state index contributed by atoms with van der Waals surface area (Å²) in [5, 5.41) is 8.70. The molecule has 0 aliphatic rings. The van der Waals surface area contributed by atoms with Gasteiger partial charge in [-0.2, -0.15) is 10.2 Å². The van der Waals surface area contributed by atoms with Crippen LogP contribution in [0.5, 0.6) is 0 Å². The predicted molar refractivity (Wildman–Crippen MR) is 115 cm³/mol. The number of carbonyl (C=O) groups excluding carboxylic acids is 1. The average Bonchev–Trinajstić information content (AvgIpc) is 2.98. The quantitative estimate of drug-likeness (QED) is 0.368. The standard InChI is InChI=1S/C22H24N4OS/c1-16-9-11-20(12-10-16)28-14-13-22(27)24-23-15-21-17(2)25-26(18(21)3)19-7-5-4-6-8-19/h4-12,15H,13-14H2,1-3H3,(H,24,27)/b23-15+. The molecule has 1 aromatic heterocycles. The number of hydrogen-bond acceptors (Lipinski definition) is 4. The number of rotatable bonds is 7. The van der Waals surface area contributed by atoms with Gasteiger partial charge in [0.25, 0.3) is 0 Å². The first-order chi connectivity index (χ1) is 13.5. The van der Waals surface area contributed by atoms with Crippen LogP contribution in [-0.4, -0.2) is 27.7 Å². The molecule has 5 nitrogen and oxygen atoms in total. The Morgan fingerprint density at radius 1 is 1.11 bits per heavy atom. The van der Waals surface area contributed by atoms with Gasteiger partial charge in [0.1, 0.15) is 0 Å². The predicted octanol–water partition coefficient (Wildman–Crippen LogP) is 4.43. The van der Waals surface area contributed by atoms with Gasteiger partial charge in [-0.15, -0.1) is 11.8 Å². The summed E-state index contributed by atoms with van der Waals surface area (Å²) in [5.74, 6) is 0.621. The largest absolute Gasteiger partial charge is 0.273 e. The van der Waals surface area contributed by atoms with Crippen molar-refractivity contribution in [3.8, 4) is 5.69 Å². The lowest BCUT2D eigenvalue weighted by Crippen LogP contribution is -2.17. The molecule has 0 aliphatic heterocycles. The Bertz CT molecular complexity index is 962. The van der Waals surface area contributed by atoms with Gasteiger partial charge in [-0.1, -0.05) is 35.9 Å². The second-order valence-corrected chi connectivity index (χ2v) is 7.70. The number of carbonyl (C=O) groups is 1. The van der Waals surface area contributed by atoms with Crippen LogP contribution in [0, 0.1) is 20.8 Å². The van der Waals surface area contributed by atoms with E-state index in [1.807, 2.05) is 48.9 Å². The second kappa shape index (κ2) is 9.37. The number of benzene rings is 2. The number of hydrazone groups is 1. The van der Waals surface area contributed by atoms with Gasteiger partial charge in [-0.05, 0) is 45.0 Å². The third-order valence-electron chi connectivity index (χ3n) is 4.35. The molecule has 0 bridgehead atoms. The molecule has 0 radical (unpaired) electrons. The zero-order valence-electron chi connectivity index (χ0n) is 16.3. The van der Waals surface area contributed by atoms with Crippen LogP contribution in [-0.2, 0) is 4.79 Å². The topological polar surface area (TPSA) is 59.3 Å². The molecule has 1 heterocycles. The van der Waals surface area contributed by atoms with Gasteiger partial charge in [0.2, 0.25) is 5.91 Å². The van der Waals surface area contributed by atoms with Crippen LogP contribution >= 0.6 is 11.8 Å². The minimum Gasteiger partial charge on any atom is -0.273 e. The molecular formula is C22H24N4OS. The van der Waals surface area contributed by atoms with Crippen molar-refractivity contribution in [3.63, 3.8) is 0 Å². The molecule has 0 aliphatic carbocycles. The lowest BCUT2D eigenvalue weighted by Gasteiger charge is -2.03. The normalized spacial score (nSPS) is 11.1. The average molecular weight is 393 g/mol. The maximum absolute atomic E-state index is 12.0. The summed E-state index contributed by atoms with van der Waals surface area (Å²) in [4.78, 5) is 13.2. The summed E-state index contributed by atoms with van der Waals surface area (Å²) in [6.07, 6.45) is 2.08. The Morgan fingerprint density at radius 3 is 2.54 bits per heavy atom. The smallest absolute Gasteiger partial charge is 0.240 e. The highest BCUT2D eigenvalue weighted by Crippen LogP contribution is 2.19. The summed E-state index contributed by atoms with van der Waals surface area (Å²) in [7, 11) is 0. The highest BCUT2D eigenvalue weighted by atomic mass is 32.2. The monoisotopic (exact) mass is 392 g/mol. The molecule has 1 amide bonds. The summed E-state index contributed by atoms with van der Waals surface area (Å²) >= 11 is 1.67. The Morgan fingerprint density at radius 2 is 1.82 bits per heavy atom. The Kier molecular flexibility index (Phi) is 6.66. The Balaban J connectivity index is 1.53. The minimum atomic E-state index is -0.0957. The minimum absolute atomic E-state index is 0.0957. The first kappa shape index (κ1) is 19.9. The van der Waals surface area contributed by atoms with Gasteiger partial charge in [0, 0.05) is 22.6 Å². The Labute approximate surface area is 169 Å². The molecule has 1 N–H and O–H groups in total. The van der Waals surface area contributed by atoms with Crippen molar-refractivity contribution in [1.29, 1.82) is 0 Å². The zero-order valence-corrected chi connectivity index (χ0v) is 17.2. The molecule has 3 aromatic rings. The Hall–Kier alpha value is -2.86. The molecule has 0 saturated heterocycles. The molecule has 28 heavy (non-hydrogen) atoms. The van der Waals surface area contributed by atoms with Crippen LogP contribution in [0.25, 0.3) is 5.69 Å². The number of hydrogen-bond donors (Lipinski definition) is 1. The molecule has 3 rings (SSSR count). The molecular weight excluding hydrogens is 368 g/mol. The zero-order chi connectivity index (χ0) is 19.9. The maximum atomic E-state index is 12.0. The van der Waals surface area contributed by atoms with Gasteiger partial charge >= 0.3 is 0 Å². The summed E-state index contributed by atoms with van der Waals surface area (Å²) < 4.78 is 1.89. The number of para-hydroxylation sites is 1. The lowest BCUT2D eigenvalue weighted by atomic mass is 10.2. The van der Waals surface area contributed by atoms with E-state index in [1.54, 1.807) is 18.0 Å². The van der Waals surface area contributed by atoms with Crippen molar-refractivity contribution in [2.24, 2.45) is 5.10 Å². The summed E-state index contributed by atoms with van der Waals surface area (Å²) in [5.41, 5.74) is 7.61. The first-order valence-corrected chi connectivity index (χ1v) is 10.2. The number of aryl methyl sites for hydroxylation is 2. The van der Waals surface area contributed by atoms with Crippen LogP contribution in [0.1, 0.15) is 28.9 Å². The lowest BCUT2D eigenvalue weighted by molar-refractivity contribution is -0.120. The van der Waals surface area contributed by atoms with E-state index in [2.05, 4.69) is 46.8 Å². The molecule has 144 valence electrons. The molecule has 0 saturated carbocycles. The summed E-state index contributed by atoms with van der Waals surface area (Å²) in [6, 6.07) is 18.3. The SMILES string of the molecule is Cc1ccc(SCCC(=O)N/N=C/c2c(C)nn(-c3ccccc3)c2C)cc1. The number of amides is 1. The highest BCUT2D eigenvalue weighted by molar-refractivity contribution is 7.99. The number of thioether (sulfide) groups is 1.